The minimum Gasteiger partial charge on any atom is -0.481 e. The molecule has 7 nitrogen and oxygen atoms in total. The van der Waals surface area contributed by atoms with Gasteiger partial charge in [-0.05, 0) is 36.5 Å². The second kappa shape index (κ2) is 9.17. The third-order valence-corrected chi connectivity index (χ3v) is 5.13. The molecule has 0 aromatic heterocycles. The molecule has 3 unspecified atom stereocenters. The molecule has 25 heavy (non-hydrogen) atoms. The van der Waals surface area contributed by atoms with Crippen LogP contribution in [0.15, 0.2) is 0 Å². The first-order valence-corrected chi connectivity index (χ1v) is 8.91. The van der Waals surface area contributed by atoms with Crippen LogP contribution >= 0.6 is 0 Å². The van der Waals surface area contributed by atoms with Gasteiger partial charge in [-0.15, -0.1) is 0 Å². The average molecular weight is 356 g/mol. The zero-order valence-electron chi connectivity index (χ0n) is 15.7. The van der Waals surface area contributed by atoms with Gasteiger partial charge in [0.25, 0.3) is 0 Å². The molecule has 0 bridgehead atoms. The molecule has 1 saturated carbocycles. The molecule has 1 aliphatic rings. The van der Waals surface area contributed by atoms with Crippen molar-refractivity contribution in [2.75, 3.05) is 7.11 Å². The Kier molecular flexibility index (Phi) is 7.86. The van der Waals surface area contributed by atoms with Crippen LogP contribution < -0.4 is 11.1 Å². The van der Waals surface area contributed by atoms with E-state index in [4.69, 9.17) is 15.6 Å². The number of aliphatic carboxylic acids is 1. The summed E-state index contributed by atoms with van der Waals surface area (Å²) < 4.78 is 4.77. The third-order valence-electron chi connectivity index (χ3n) is 5.13. The number of amides is 1. The van der Waals surface area contributed by atoms with Crippen LogP contribution in [0.5, 0.6) is 0 Å². The van der Waals surface area contributed by atoms with Crippen LogP contribution in [0, 0.1) is 17.3 Å². The second-order valence-electron chi connectivity index (χ2n) is 8.03. The number of methoxy groups -OCH3 is 1. The first-order valence-electron chi connectivity index (χ1n) is 8.91. The molecule has 144 valence electrons. The number of carboxylic acids is 1. The van der Waals surface area contributed by atoms with E-state index < -0.39 is 36.4 Å². The van der Waals surface area contributed by atoms with Gasteiger partial charge < -0.3 is 20.9 Å². The second-order valence-corrected chi connectivity index (χ2v) is 8.03. The SMILES string of the molecule is COC(=O)C(CCC1CCCC1C(C)(C)C)NC(=O)[C@@H](N)CC(=O)O. The number of hydrogen-bond donors (Lipinski definition) is 3. The Labute approximate surface area is 149 Å². The Balaban J connectivity index is 2.66. The summed E-state index contributed by atoms with van der Waals surface area (Å²) in [5.41, 5.74) is 5.78. The number of nitrogens with two attached hydrogens (primary N) is 1. The van der Waals surface area contributed by atoms with E-state index in [0.717, 1.165) is 12.8 Å². The molecule has 4 N–H and O–H groups in total. The smallest absolute Gasteiger partial charge is 0.328 e. The number of nitrogens with one attached hydrogen (secondary N) is 1. The van der Waals surface area contributed by atoms with E-state index in [1.165, 1.54) is 20.0 Å². The minimum absolute atomic E-state index is 0.217. The van der Waals surface area contributed by atoms with Crippen LogP contribution in [-0.2, 0) is 19.1 Å². The van der Waals surface area contributed by atoms with Gasteiger partial charge in [-0.25, -0.2) is 4.79 Å². The zero-order chi connectivity index (χ0) is 19.2. The van der Waals surface area contributed by atoms with Crippen LogP contribution in [0.3, 0.4) is 0 Å². The molecule has 0 heterocycles. The Morgan fingerprint density at radius 3 is 2.44 bits per heavy atom. The quantitative estimate of drug-likeness (QED) is 0.570. The van der Waals surface area contributed by atoms with E-state index in [1.54, 1.807) is 0 Å². The van der Waals surface area contributed by atoms with Gasteiger partial charge in [-0.2, -0.15) is 0 Å². The molecule has 1 fully saturated rings. The van der Waals surface area contributed by atoms with Crippen LogP contribution in [-0.4, -0.2) is 42.1 Å². The number of hydrogen-bond acceptors (Lipinski definition) is 5. The van der Waals surface area contributed by atoms with Gasteiger partial charge >= 0.3 is 11.9 Å². The zero-order valence-corrected chi connectivity index (χ0v) is 15.7. The molecular weight excluding hydrogens is 324 g/mol. The molecule has 0 saturated heterocycles. The summed E-state index contributed by atoms with van der Waals surface area (Å²) in [5.74, 6) is -1.22. The summed E-state index contributed by atoms with van der Waals surface area (Å²) in [4.78, 5) is 34.7. The monoisotopic (exact) mass is 356 g/mol. The highest BCUT2D eigenvalue weighted by Crippen LogP contribution is 2.45. The van der Waals surface area contributed by atoms with Crippen LogP contribution in [0.1, 0.15) is 59.3 Å². The first kappa shape index (κ1) is 21.4. The molecule has 0 spiro atoms. The van der Waals surface area contributed by atoms with Crippen molar-refractivity contribution in [2.45, 2.75) is 71.4 Å². The Hall–Kier alpha value is -1.63. The number of ether oxygens (including phenoxy) is 1. The fourth-order valence-corrected chi connectivity index (χ4v) is 3.85. The summed E-state index contributed by atoms with van der Waals surface area (Å²) in [5, 5.41) is 11.3. The summed E-state index contributed by atoms with van der Waals surface area (Å²) >= 11 is 0. The van der Waals surface area contributed by atoms with Crippen molar-refractivity contribution in [3.8, 4) is 0 Å². The first-order chi connectivity index (χ1) is 11.6. The van der Waals surface area contributed by atoms with E-state index in [0.29, 0.717) is 18.3 Å². The lowest BCUT2D eigenvalue weighted by Gasteiger charge is -2.33. The Bertz CT molecular complexity index is 486. The lowest BCUT2D eigenvalue weighted by atomic mass is 9.73. The molecule has 0 aromatic rings. The summed E-state index contributed by atoms with van der Waals surface area (Å²) in [6.45, 7) is 6.71. The molecule has 7 heteroatoms. The largest absolute Gasteiger partial charge is 0.481 e. The van der Waals surface area contributed by atoms with Crippen LogP contribution in [0.2, 0.25) is 0 Å². The highest BCUT2D eigenvalue weighted by atomic mass is 16.5. The van der Waals surface area contributed by atoms with E-state index >= 15 is 0 Å². The lowest BCUT2D eigenvalue weighted by Crippen LogP contribution is -2.49. The fourth-order valence-electron chi connectivity index (χ4n) is 3.85. The average Bonchev–Trinajstić information content (AvgIpc) is 2.98. The van der Waals surface area contributed by atoms with E-state index in [-0.39, 0.29) is 5.41 Å². The minimum atomic E-state index is -1.18. The van der Waals surface area contributed by atoms with Crippen LogP contribution in [0.25, 0.3) is 0 Å². The summed E-state index contributed by atoms with van der Waals surface area (Å²) in [6.07, 6.45) is 4.31. The fraction of sp³-hybridized carbons (Fsp3) is 0.833. The highest BCUT2D eigenvalue weighted by Gasteiger charge is 2.36. The number of carbonyl (C=O) groups excluding carboxylic acids is 2. The van der Waals surface area contributed by atoms with E-state index in [2.05, 4.69) is 26.1 Å². The van der Waals surface area contributed by atoms with Gasteiger partial charge in [0.05, 0.1) is 19.6 Å². The number of carboxylic acid groups (broad SMARTS) is 1. The van der Waals surface area contributed by atoms with Gasteiger partial charge in [-0.3, -0.25) is 9.59 Å². The van der Waals surface area contributed by atoms with E-state index in [9.17, 15) is 14.4 Å². The third kappa shape index (κ3) is 6.65. The predicted octanol–water partition coefficient (Wildman–Crippen LogP) is 1.69. The molecular formula is C18H32N2O5. The van der Waals surface area contributed by atoms with Gasteiger partial charge in [-0.1, -0.05) is 33.6 Å². The number of esters is 1. The lowest BCUT2D eigenvalue weighted by molar-refractivity contribution is -0.145. The maximum Gasteiger partial charge on any atom is 0.328 e. The van der Waals surface area contributed by atoms with Gasteiger partial charge in [0.15, 0.2) is 0 Å². The molecule has 1 amide bonds. The standard InChI is InChI=1S/C18H32N2O5/c1-18(2,3)12-7-5-6-11(12)8-9-14(17(24)25-4)20-16(23)13(19)10-15(21)22/h11-14H,5-10,19H2,1-4H3,(H,20,23)(H,21,22)/t11?,12?,13-,14?/m0/s1. The van der Waals surface area contributed by atoms with Crippen molar-refractivity contribution in [1.82, 2.24) is 5.32 Å². The molecule has 1 aliphatic carbocycles. The summed E-state index contributed by atoms with van der Waals surface area (Å²) in [7, 11) is 1.27. The maximum absolute atomic E-state index is 12.0. The molecule has 0 aliphatic heterocycles. The van der Waals surface area contributed by atoms with Crippen molar-refractivity contribution in [2.24, 2.45) is 23.0 Å². The van der Waals surface area contributed by atoms with Crippen molar-refractivity contribution < 1.29 is 24.2 Å². The van der Waals surface area contributed by atoms with Crippen molar-refractivity contribution >= 4 is 17.8 Å². The van der Waals surface area contributed by atoms with Crippen molar-refractivity contribution in [1.29, 1.82) is 0 Å². The molecule has 0 radical (unpaired) electrons. The van der Waals surface area contributed by atoms with Crippen molar-refractivity contribution in [3.63, 3.8) is 0 Å². The topological polar surface area (TPSA) is 119 Å². The van der Waals surface area contributed by atoms with Gasteiger partial charge in [0.2, 0.25) is 5.91 Å². The maximum atomic E-state index is 12.0. The summed E-state index contributed by atoms with van der Waals surface area (Å²) in [6, 6.07) is -1.97. The molecule has 0 aromatic carbocycles. The van der Waals surface area contributed by atoms with Crippen molar-refractivity contribution in [3.05, 3.63) is 0 Å². The predicted molar refractivity (Wildman–Crippen MR) is 93.7 cm³/mol. The number of rotatable bonds is 8. The number of carbonyl (C=O) groups is 3. The van der Waals surface area contributed by atoms with Crippen LogP contribution in [0.4, 0.5) is 0 Å². The Morgan fingerprint density at radius 2 is 1.92 bits per heavy atom. The molecule has 1 rings (SSSR count). The normalized spacial score (nSPS) is 22.9. The highest BCUT2D eigenvalue weighted by molar-refractivity contribution is 5.89. The van der Waals surface area contributed by atoms with E-state index in [1.807, 2.05) is 0 Å². The van der Waals surface area contributed by atoms with Gasteiger partial charge in [0.1, 0.15) is 6.04 Å². The van der Waals surface area contributed by atoms with Gasteiger partial charge in [0, 0.05) is 0 Å². The Morgan fingerprint density at radius 1 is 1.28 bits per heavy atom. The molecule has 4 atom stereocenters.